The van der Waals surface area contributed by atoms with E-state index in [1.165, 1.54) is 17.0 Å². The van der Waals surface area contributed by atoms with Gasteiger partial charge in [-0.05, 0) is 30.3 Å². The van der Waals surface area contributed by atoms with Crippen LogP contribution in [0.15, 0.2) is 48.5 Å². The molecule has 2 aromatic rings. The van der Waals surface area contributed by atoms with Crippen LogP contribution in [0, 0.1) is 5.82 Å². The van der Waals surface area contributed by atoms with Gasteiger partial charge in [0.05, 0.1) is 5.56 Å². The van der Waals surface area contributed by atoms with Crippen LogP contribution in [0.1, 0.15) is 10.4 Å². The smallest absolute Gasteiger partial charge is 0.262 e. The number of fused-ring (bicyclic) bond motifs is 1. The maximum absolute atomic E-state index is 13.3. The Morgan fingerprint density at radius 1 is 1.16 bits per heavy atom. The fraction of sp³-hybridized carbons (Fsp3) is 0.0714. The molecule has 2 aromatic carbocycles. The number of hydrogen-bond acceptors (Lipinski definition) is 3. The fourth-order valence-electron chi connectivity index (χ4n) is 2.11. The second-order valence-electron chi connectivity index (χ2n) is 4.22. The van der Waals surface area contributed by atoms with E-state index in [1.54, 1.807) is 6.07 Å². The van der Waals surface area contributed by atoms with Gasteiger partial charge >= 0.3 is 0 Å². The lowest BCUT2D eigenvalue weighted by atomic mass is 10.1. The van der Waals surface area contributed by atoms with Crippen LogP contribution in [0.4, 0.5) is 15.8 Å². The molecule has 1 unspecified atom stereocenters. The number of benzene rings is 2. The van der Waals surface area contributed by atoms with Crippen molar-refractivity contribution >= 4 is 29.9 Å². The van der Waals surface area contributed by atoms with Gasteiger partial charge in [-0.2, -0.15) is 0 Å². The second-order valence-corrected chi connectivity index (χ2v) is 4.71. The summed E-state index contributed by atoms with van der Waals surface area (Å²) in [6.07, 6.45) is 0. The van der Waals surface area contributed by atoms with Gasteiger partial charge in [-0.3, -0.25) is 9.69 Å². The van der Waals surface area contributed by atoms with Gasteiger partial charge in [0.25, 0.3) is 5.91 Å². The van der Waals surface area contributed by atoms with Crippen molar-refractivity contribution in [3.05, 3.63) is 59.9 Å². The Morgan fingerprint density at radius 2 is 1.89 bits per heavy atom. The van der Waals surface area contributed by atoms with E-state index in [1.807, 2.05) is 30.3 Å². The average molecular weight is 274 g/mol. The summed E-state index contributed by atoms with van der Waals surface area (Å²) in [5.41, 5.74) is 1.15. The third-order valence-corrected chi connectivity index (χ3v) is 3.35. The molecular weight excluding hydrogens is 263 g/mol. The van der Waals surface area contributed by atoms with Crippen LogP contribution in [0.5, 0.6) is 0 Å². The van der Waals surface area contributed by atoms with Crippen molar-refractivity contribution in [3.8, 4) is 0 Å². The Labute approximate surface area is 115 Å². The molecule has 1 amide bonds. The fourth-order valence-corrected chi connectivity index (χ4v) is 2.49. The van der Waals surface area contributed by atoms with Gasteiger partial charge in [-0.1, -0.05) is 18.2 Å². The molecule has 0 aliphatic carbocycles. The van der Waals surface area contributed by atoms with Crippen LogP contribution in [0.2, 0.25) is 0 Å². The molecule has 96 valence electrons. The van der Waals surface area contributed by atoms with Gasteiger partial charge in [-0.25, -0.2) is 4.39 Å². The van der Waals surface area contributed by atoms with Gasteiger partial charge in [0.15, 0.2) is 5.50 Å². The minimum absolute atomic E-state index is 0.264. The third kappa shape index (κ3) is 2.06. The lowest BCUT2D eigenvalue weighted by Crippen LogP contribution is -2.46. The highest BCUT2D eigenvalue weighted by atomic mass is 32.1. The monoisotopic (exact) mass is 274 g/mol. The summed E-state index contributed by atoms with van der Waals surface area (Å²) in [6.45, 7) is 0. The van der Waals surface area contributed by atoms with Gasteiger partial charge < -0.3 is 5.32 Å². The quantitative estimate of drug-likeness (QED) is 0.783. The highest BCUT2D eigenvalue weighted by molar-refractivity contribution is 7.81. The largest absolute Gasteiger partial charge is 0.356 e. The summed E-state index contributed by atoms with van der Waals surface area (Å²) in [4.78, 5) is 13.9. The number of rotatable bonds is 1. The zero-order valence-electron chi connectivity index (χ0n) is 9.88. The van der Waals surface area contributed by atoms with Crippen LogP contribution in [0.25, 0.3) is 0 Å². The summed E-state index contributed by atoms with van der Waals surface area (Å²) in [5.74, 6) is -0.695. The minimum Gasteiger partial charge on any atom is -0.356 e. The number of thiol groups is 1. The van der Waals surface area contributed by atoms with E-state index in [2.05, 4.69) is 17.9 Å². The summed E-state index contributed by atoms with van der Waals surface area (Å²) in [7, 11) is 0. The predicted molar refractivity (Wildman–Crippen MR) is 76.0 cm³/mol. The number of amides is 1. The predicted octanol–water partition coefficient (Wildman–Crippen LogP) is 3.11. The number of nitrogens with one attached hydrogen (secondary N) is 1. The van der Waals surface area contributed by atoms with Crippen LogP contribution in [-0.4, -0.2) is 11.4 Å². The molecule has 1 N–H and O–H groups in total. The minimum atomic E-state index is -0.479. The first-order valence-corrected chi connectivity index (χ1v) is 6.31. The molecule has 0 aromatic heterocycles. The lowest BCUT2D eigenvalue weighted by molar-refractivity contribution is 0.0983. The van der Waals surface area contributed by atoms with Crippen molar-refractivity contribution in [2.45, 2.75) is 5.50 Å². The molecule has 19 heavy (non-hydrogen) atoms. The number of para-hydroxylation sites is 1. The van der Waals surface area contributed by atoms with Crippen molar-refractivity contribution in [2.75, 3.05) is 10.2 Å². The molecule has 1 aliphatic heterocycles. The van der Waals surface area contributed by atoms with Crippen molar-refractivity contribution in [1.29, 1.82) is 0 Å². The topological polar surface area (TPSA) is 32.3 Å². The molecule has 0 spiro atoms. The standard InChI is InChI=1S/C14H11FN2OS/c15-9-6-7-12-11(8-9)13(18)17(14(19)16-12)10-4-2-1-3-5-10/h1-8,14,16,19H. The molecule has 0 fully saturated rings. The number of anilines is 2. The molecule has 3 nitrogen and oxygen atoms in total. The SMILES string of the molecule is O=C1c2cc(F)ccc2NC(S)N1c1ccccc1. The first-order valence-electron chi connectivity index (χ1n) is 5.79. The Bertz CT molecular complexity index is 633. The van der Waals surface area contributed by atoms with Crippen LogP contribution < -0.4 is 10.2 Å². The third-order valence-electron chi connectivity index (χ3n) is 2.99. The normalized spacial score (nSPS) is 17.9. The van der Waals surface area contributed by atoms with E-state index in [-0.39, 0.29) is 5.91 Å². The number of hydrogen-bond donors (Lipinski definition) is 2. The van der Waals surface area contributed by atoms with Crippen LogP contribution in [-0.2, 0) is 0 Å². The molecule has 0 saturated heterocycles. The van der Waals surface area contributed by atoms with Crippen molar-refractivity contribution in [1.82, 2.24) is 0 Å². The van der Waals surface area contributed by atoms with Crippen molar-refractivity contribution < 1.29 is 9.18 Å². The Hall–Kier alpha value is -2.01. The highest BCUT2D eigenvalue weighted by Gasteiger charge is 2.31. The molecule has 1 atom stereocenters. The molecule has 0 radical (unpaired) electrons. The Balaban J connectivity index is 2.07. The highest BCUT2D eigenvalue weighted by Crippen LogP contribution is 2.30. The van der Waals surface area contributed by atoms with E-state index >= 15 is 0 Å². The summed E-state index contributed by atoms with van der Waals surface area (Å²) in [6, 6.07) is 13.3. The summed E-state index contributed by atoms with van der Waals surface area (Å²) in [5, 5.41) is 3.07. The van der Waals surface area contributed by atoms with Crippen LogP contribution in [0.3, 0.4) is 0 Å². The number of halogens is 1. The van der Waals surface area contributed by atoms with E-state index in [0.717, 1.165) is 5.69 Å². The first-order chi connectivity index (χ1) is 9.16. The molecule has 1 heterocycles. The summed E-state index contributed by atoms with van der Waals surface area (Å²) >= 11 is 4.38. The van der Waals surface area contributed by atoms with Crippen molar-refractivity contribution in [2.24, 2.45) is 0 Å². The number of carbonyl (C=O) groups is 1. The van der Waals surface area contributed by atoms with Gasteiger partial charge in [0, 0.05) is 11.4 Å². The molecular formula is C14H11FN2OS. The maximum atomic E-state index is 13.3. The van der Waals surface area contributed by atoms with E-state index in [9.17, 15) is 9.18 Å². The van der Waals surface area contributed by atoms with E-state index < -0.39 is 11.3 Å². The maximum Gasteiger partial charge on any atom is 0.262 e. The van der Waals surface area contributed by atoms with E-state index in [4.69, 9.17) is 0 Å². The molecule has 1 aliphatic rings. The zero-order chi connectivity index (χ0) is 13.4. The molecule has 0 bridgehead atoms. The number of nitrogens with zero attached hydrogens (tertiary/aromatic N) is 1. The van der Waals surface area contributed by atoms with Gasteiger partial charge in [0.1, 0.15) is 5.82 Å². The first kappa shape index (κ1) is 12.0. The number of carbonyl (C=O) groups excluding carboxylic acids is 1. The average Bonchev–Trinajstić information content (AvgIpc) is 2.41. The second kappa shape index (κ2) is 4.59. The molecule has 0 saturated carbocycles. The van der Waals surface area contributed by atoms with E-state index in [0.29, 0.717) is 11.3 Å². The van der Waals surface area contributed by atoms with Gasteiger partial charge in [0.2, 0.25) is 0 Å². The zero-order valence-corrected chi connectivity index (χ0v) is 10.8. The van der Waals surface area contributed by atoms with Gasteiger partial charge in [-0.15, -0.1) is 12.6 Å². The lowest BCUT2D eigenvalue weighted by Gasteiger charge is -2.35. The Morgan fingerprint density at radius 3 is 2.63 bits per heavy atom. The molecule has 3 rings (SSSR count). The van der Waals surface area contributed by atoms with Crippen molar-refractivity contribution in [3.63, 3.8) is 0 Å². The molecule has 5 heteroatoms. The van der Waals surface area contributed by atoms with Crippen LogP contribution >= 0.6 is 12.6 Å². The Kier molecular flexibility index (Phi) is 2.91. The summed E-state index contributed by atoms with van der Waals surface area (Å²) < 4.78 is 13.3.